The molecule has 1 heterocycles. The van der Waals surface area contributed by atoms with E-state index in [4.69, 9.17) is 18.9 Å². The first kappa shape index (κ1) is 21.8. The van der Waals surface area contributed by atoms with Crippen molar-refractivity contribution < 1.29 is 23.7 Å². The second-order valence-corrected chi connectivity index (χ2v) is 6.93. The highest BCUT2D eigenvalue weighted by Gasteiger charge is 2.29. The van der Waals surface area contributed by atoms with Gasteiger partial charge in [-0.15, -0.1) is 0 Å². The topological polar surface area (TPSA) is 54.0 Å². The van der Waals surface area contributed by atoms with Crippen LogP contribution < -0.4 is 4.74 Å². The second-order valence-electron chi connectivity index (χ2n) is 6.93. The Morgan fingerprint density at radius 2 is 1.87 bits per heavy atom. The fraction of sp³-hybridized carbons (Fsp3) is 0.320. The summed E-state index contributed by atoms with van der Waals surface area (Å²) in [6.45, 7) is 2.15. The third-order valence-corrected chi connectivity index (χ3v) is 4.74. The number of esters is 1. The second kappa shape index (κ2) is 11.3. The highest BCUT2D eigenvalue weighted by atomic mass is 16.7. The van der Waals surface area contributed by atoms with Crippen LogP contribution in [0.25, 0.3) is 6.08 Å². The van der Waals surface area contributed by atoms with Crippen LogP contribution in [-0.2, 0) is 19.0 Å². The molecule has 3 atom stereocenters. The standard InChI is InChI=1S/C25H28O5/c1-3-28-24(26)11-7-10-22-18-23(15-12-19-8-5-4-6-9-19)30-25(29-22)20-13-16-21(27-2)17-14-20/h4-9,11-17,22-23,25H,3,10,18H2,1-2H3/b11-7+,15-12+/t22-,23+,25-/m1/s1. The Morgan fingerprint density at radius 3 is 2.57 bits per heavy atom. The van der Waals surface area contributed by atoms with Crippen molar-refractivity contribution in [2.24, 2.45) is 0 Å². The van der Waals surface area contributed by atoms with Crippen LogP contribution in [0.15, 0.2) is 72.8 Å². The van der Waals surface area contributed by atoms with E-state index in [0.29, 0.717) is 19.4 Å². The summed E-state index contributed by atoms with van der Waals surface area (Å²) in [6, 6.07) is 17.8. The van der Waals surface area contributed by atoms with Crippen LogP contribution in [0.1, 0.15) is 37.2 Å². The number of rotatable bonds is 8. The summed E-state index contributed by atoms with van der Waals surface area (Å²) in [5.74, 6) is 0.445. The van der Waals surface area contributed by atoms with E-state index in [0.717, 1.165) is 16.9 Å². The molecule has 1 saturated heterocycles. The highest BCUT2D eigenvalue weighted by Crippen LogP contribution is 2.33. The van der Waals surface area contributed by atoms with Gasteiger partial charge in [-0.05, 0) is 31.0 Å². The van der Waals surface area contributed by atoms with Gasteiger partial charge < -0.3 is 18.9 Å². The summed E-state index contributed by atoms with van der Waals surface area (Å²) in [5.41, 5.74) is 2.04. The van der Waals surface area contributed by atoms with Crippen LogP contribution in [0.5, 0.6) is 5.75 Å². The molecule has 1 fully saturated rings. The van der Waals surface area contributed by atoms with Crippen LogP contribution in [0.3, 0.4) is 0 Å². The van der Waals surface area contributed by atoms with E-state index in [9.17, 15) is 4.79 Å². The maximum atomic E-state index is 11.6. The first-order chi connectivity index (χ1) is 14.7. The van der Waals surface area contributed by atoms with Gasteiger partial charge in [0, 0.05) is 18.1 Å². The van der Waals surface area contributed by atoms with Gasteiger partial charge in [0.05, 0.1) is 25.9 Å². The quantitative estimate of drug-likeness (QED) is 0.450. The van der Waals surface area contributed by atoms with Crippen molar-refractivity contribution in [2.75, 3.05) is 13.7 Å². The summed E-state index contributed by atoms with van der Waals surface area (Å²) in [5, 5.41) is 0. The van der Waals surface area contributed by atoms with Gasteiger partial charge in [0.1, 0.15) is 5.75 Å². The maximum absolute atomic E-state index is 11.6. The number of benzene rings is 2. The van der Waals surface area contributed by atoms with Crippen LogP contribution in [0.4, 0.5) is 0 Å². The van der Waals surface area contributed by atoms with Crippen molar-refractivity contribution in [2.45, 2.75) is 38.3 Å². The van der Waals surface area contributed by atoms with E-state index < -0.39 is 6.29 Å². The van der Waals surface area contributed by atoms with E-state index in [1.165, 1.54) is 6.08 Å². The van der Waals surface area contributed by atoms with Crippen molar-refractivity contribution in [3.05, 3.63) is 84.0 Å². The minimum absolute atomic E-state index is 0.0815. The average molecular weight is 408 g/mol. The third-order valence-electron chi connectivity index (χ3n) is 4.74. The van der Waals surface area contributed by atoms with Crippen LogP contribution in [0.2, 0.25) is 0 Å². The molecule has 158 valence electrons. The Morgan fingerprint density at radius 1 is 1.10 bits per heavy atom. The molecule has 2 aromatic rings. The van der Waals surface area contributed by atoms with Gasteiger partial charge in [0.15, 0.2) is 6.29 Å². The number of carbonyl (C=O) groups excluding carboxylic acids is 1. The Bertz CT molecular complexity index is 842. The van der Waals surface area contributed by atoms with Gasteiger partial charge in [-0.25, -0.2) is 4.79 Å². The molecular formula is C25H28O5. The zero-order valence-electron chi connectivity index (χ0n) is 17.4. The first-order valence-corrected chi connectivity index (χ1v) is 10.2. The molecule has 3 rings (SSSR count). The highest BCUT2D eigenvalue weighted by molar-refractivity contribution is 5.81. The van der Waals surface area contributed by atoms with Crippen LogP contribution in [-0.4, -0.2) is 31.9 Å². The predicted octanol–water partition coefficient (Wildman–Crippen LogP) is 5.09. The lowest BCUT2D eigenvalue weighted by Gasteiger charge is -2.34. The van der Waals surface area contributed by atoms with Crippen molar-refractivity contribution in [1.82, 2.24) is 0 Å². The summed E-state index contributed by atoms with van der Waals surface area (Å²) in [6.07, 6.45) is 8.01. The number of hydrogen-bond acceptors (Lipinski definition) is 5. The van der Waals surface area contributed by atoms with E-state index in [1.807, 2.05) is 42.5 Å². The zero-order chi connectivity index (χ0) is 21.2. The Balaban J connectivity index is 1.71. The molecule has 0 unspecified atom stereocenters. The lowest BCUT2D eigenvalue weighted by Crippen LogP contribution is -2.32. The molecule has 1 aliphatic heterocycles. The molecule has 0 N–H and O–H groups in total. The lowest BCUT2D eigenvalue weighted by atomic mass is 10.0. The van der Waals surface area contributed by atoms with Gasteiger partial charge in [-0.3, -0.25) is 0 Å². The molecule has 0 amide bonds. The van der Waals surface area contributed by atoms with Gasteiger partial charge in [-0.1, -0.05) is 60.7 Å². The van der Waals surface area contributed by atoms with Gasteiger partial charge >= 0.3 is 5.97 Å². The number of hydrogen-bond donors (Lipinski definition) is 0. The maximum Gasteiger partial charge on any atom is 0.330 e. The summed E-state index contributed by atoms with van der Waals surface area (Å²) < 4.78 is 22.5. The van der Waals surface area contributed by atoms with Crippen molar-refractivity contribution in [3.63, 3.8) is 0 Å². The number of carbonyl (C=O) groups is 1. The zero-order valence-corrected chi connectivity index (χ0v) is 17.4. The third kappa shape index (κ3) is 6.58. The van der Waals surface area contributed by atoms with Gasteiger partial charge in [-0.2, -0.15) is 0 Å². The van der Waals surface area contributed by atoms with Crippen LogP contribution >= 0.6 is 0 Å². The fourth-order valence-corrected chi connectivity index (χ4v) is 3.22. The first-order valence-electron chi connectivity index (χ1n) is 10.2. The molecule has 0 spiro atoms. The predicted molar refractivity (Wildman–Crippen MR) is 116 cm³/mol. The van der Waals surface area contributed by atoms with Gasteiger partial charge in [0.25, 0.3) is 0 Å². The Hall–Kier alpha value is -2.89. The lowest BCUT2D eigenvalue weighted by molar-refractivity contribution is -0.235. The molecule has 1 aliphatic rings. The SMILES string of the molecule is CCOC(=O)/C=C/C[C@@H]1C[C@H](/C=C/c2ccccc2)O[C@H](c2ccc(OC)cc2)O1. The van der Waals surface area contributed by atoms with E-state index in [-0.39, 0.29) is 18.2 Å². The minimum Gasteiger partial charge on any atom is -0.497 e. The summed E-state index contributed by atoms with van der Waals surface area (Å²) >= 11 is 0. The summed E-state index contributed by atoms with van der Waals surface area (Å²) in [4.78, 5) is 11.6. The molecule has 0 saturated carbocycles. The molecular weight excluding hydrogens is 380 g/mol. The van der Waals surface area contributed by atoms with Crippen molar-refractivity contribution in [3.8, 4) is 5.75 Å². The van der Waals surface area contributed by atoms with Crippen LogP contribution in [0, 0.1) is 0 Å². The number of methoxy groups -OCH3 is 1. The molecule has 5 heteroatoms. The Kier molecular flexibility index (Phi) is 8.24. The number of ether oxygens (including phenoxy) is 4. The molecule has 0 bridgehead atoms. The molecule has 5 nitrogen and oxygen atoms in total. The molecule has 0 aliphatic carbocycles. The largest absolute Gasteiger partial charge is 0.497 e. The van der Waals surface area contributed by atoms with Gasteiger partial charge in [0.2, 0.25) is 0 Å². The normalized spacial score (nSPS) is 21.7. The molecule has 0 aromatic heterocycles. The van der Waals surface area contributed by atoms with E-state index in [2.05, 4.69) is 24.3 Å². The molecule has 30 heavy (non-hydrogen) atoms. The average Bonchev–Trinajstić information content (AvgIpc) is 2.78. The summed E-state index contributed by atoms with van der Waals surface area (Å²) in [7, 11) is 1.64. The minimum atomic E-state index is -0.490. The van der Waals surface area contributed by atoms with Crippen molar-refractivity contribution in [1.29, 1.82) is 0 Å². The molecule has 0 radical (unpaired) electrons. The monoisotopic (exact) mass is 408 g/mol. The molecule has 2 aromatic carbocycles. The fourth-order valence-electron chi connectivity index (χ4n) is 3.22. The van der Waals surface area contributed by atoms with E-state index >= 15 is 0 Å². The van der Waals surface area contributed by atoms with E-state index in [1.54, 1.807) is 20.1 Å². The van der Waals surface area contributed by atoms with Crippen molar-refractivity contribution >= 4 is 12.0 Å². The smallest absolute Gasteiger partial charge is 0.330 e. The Labute approximate surface area is 177 Å².